The van der Waals surface area contributed by atoms with Crippen LogP contribution in [0, 0.1) is 0 Å². The van der Waals surface area contributed by atoms with Crippen molar-refractivity contribution in [2.45, 2.75) is 12.5 Å². The van der Waals surface area contributed by atoms with Gasteiger partial charge < -0.3 is 10.1 Å². The van der Waals surface area contributed by atoms with Crippen LogP contribution in [0.2, 0.25) is 10.0 Å². The molecule has 0 saturated heterocycles. The Morgan fingerprint density at radius 1 is 1.33 bits per heavy atom. The number of thiophene rings is 1. The van der Waals surface area contributed by atoms with E-state index in [1.165, 1.54) is 0 Å². The molecule has 1 aromatic heterocycles. The maximum atomic E-state index is 6.16. The summed E-state index contributed by atoms with van der Waals surface area (Å²) in [6.45, 7) is 0.663. The van der Waals surface area contributed by atoms with E-state index in [9.17, 15) is 0 Å². The summed E-state index contributed by atoms with van der Waals surface area (Å²) in [6, 6.07) is 5.90. The van der Waals surface area contributed by atoms with Crippen LogP contribution < -0.4 is 10.1 Å². The van der Waals surface area contributed by atoms with Gasteiger partial charge in [-0.25, -0.2) is 0 Å². The van der Waals surface area contributed by atoms with Crippen molar-refractivity contribution in [1.82, 2.24) is 0 Å². The minimum absolute atomic E-state index is 0.194. The molecule has 1 aliphatic rings. The molecule has 0 amide bonds. The maximum Gasteiger partial charge on any atom is 0.143 e. The van der Waals surface area contributed by atoms with Crippen LogP contribution in [0.4, 0.5) is 5.69 Å². The molecule has 18 heavy (non-hydrogen) atoms. The van der Waals surface area contributed by atoms with Gasteiger partial charge in [-0.05, 0) is 23.6 Å². The first-order chi connectivity index (χ1) is 8.74. The van der Waals surface area contributed by atoms with Crippen molar-refractivity contribution in [2.75, 3.05) is 11.9 Å². The van der Waals surface area contributed by atoms with E-state index in [0.717, 1.165) is 23.4 Å². The summed E-state index contributed by atoms with van der Waals surface area (Å²) in [5.74, 6) is 0.750. The molecule has 5 heteroatoms. The fourth-order valence-corrected chi connectivity index (χ4v) is 3.28. The van der Waals surface area contributed by atoms with Gasteiger partial charge in [0, 0.05) is 28.1 Å². The second-order valence-electron chi connectivity index (χ2n) is 4.15. The Hall–Kier alpha value is -0.900. The summed E-state index contributed by atoms with van der Waals surface area (Å²) in [5.41, 5.74) is 2.15. The van der Waals surface area contributed by atoms with Crippen LogP contribution in [0.5, 0.6) is 5.75 Å². The molecule has 3 rings (SSSR count). The first-order valence-electron chi connectivity index (χ1n) is 5.64. The Kier molecular flexibility index (Phi) is 3.37. The van der Waals surface area contributed by atoms with Crippen molar-refractivity contribution in [3.8, 4) is 5.75 Å². The van der Waals surface area contributed by atoms with E-state index in [2.05, 4.69) is 16.8 Å². The number of benzene rings is 1. The fraction of sp³-hybridized carbons (Fsp3) is 0.231. The molecule has 2 aromatic rings. The molecular formula is C13H11Cl2NOS. The van der Waals surface area contributed by atoms with Gasteiger partial charge in [0.2, 0.25) is 0 Å². The highest BCUT2D eigenvalue weighted by Crippen LogP contribution is 2.41. The van der Waals surface area contributed by atoms with Gasteiger partial charge in [-0.1, -0.05) is 23.2 Å². The summed E-state index contributed by atoms with van der Waals surface area (Å²) < 4.78 is 5.63. The molecule has 2 heterocycles. The molecule has 0 bridgehead atoms. The molecule has 0 radical (unpaired) electrons. The lowest BCUT2D eigenvalue weighted by molar-refractivity contribution is 0.274. The van der Waals surface area contributed by atoms with Crippen LogP contribution in [0.15, 0.2) is 29.0 Å². The molecule has 0 aliphatic carbocycles. The van der Waals surface area contributed by atoms with Crippen molar-refractivity contribution < 1.29 is 4.74 Å². The monoisotopic (exact) mass is 299 g/mol. The summed E-state index contributed by atoms with van der Waals surface area (Å²) in [7, 11) is 0. The normalized spacial score (nSPS) is 18.0. The van der Waals surface area contributed by atoms with Crippen molar-refractivity contribution in [2.24, 2.45) is 0 Å². The number of fused-ring (bicyclic) bond motifs is 1. The average Bonchev–Trinajstić information content (AvgIpc) is 2.83. The molecule has 1 aromatic carbocycles. The third kappa shape index (κ3) is 2.30. The molecule has 1 aliphatic heterocycles. The minimum Gasteiger partial charge on any atom is -0.492 e. The number of ether oxygens (including phenoxy) is 1. The highest BCUT2D eigenvalue weighted by molar-refractivity contribution is 7.08. The van der Waals surface area contributed by atoms with Crippen LogP contribution in [-0.4, -0.2) is 6.61 Å². The van der Waals surface area contributed by atoms with E-state index in [0.29, 0.717) is 16.7 Å². The van der Waals surface area contributed by atoms with Gasteiger partial charge in [-0.15, -0.1) is 0 Å². The lowest BCUT2D eigenvalue weighted by atomic mass is 10.0. The molecule has 1 unspecified atom stereocenters. The number of halogens is 2. The first kappa shape index (κ1) is 12.2. The molecule has 2 nitrogen and oxygen atoms in total. The summed E-state index contributed by atoms with van der Waals surface area (Å²) in [6.07, 6.45) is 0.902. The maximum absolute atomic E-state index is 6.16. The molecular weight excluding hydrogens is 289 g/mol. The molecule has 0 saturated carbocycles. The van der Waals surface area contributed by atoms with Crippen molar-refractivity contribution in [1.29, 1.82) is 0 Å². The zero-order valence-electron chi connectivity index (χ0n) is 9.45. The molecule has 0 fully saturated rings. The third-order valence-corrected chi connectivity index (χ3v) is 4.11. The smallest absolute Gasteiger partial charge is 0.143 e. The van der Waals surface area contributed by atoms with Gasteiger partial charge in [0.15, 0.2) is 0 Å². The van der Waals surface area contributed by atoms with Gasteiger partial charge in [0.25, 0.3) is 0 Å². The third-order valence-electron chi connectivity index (χ3n) is 2.93. The van der Waals surface area contributed by atoms with Crippen LogP contribution in [0.1, 0.15) is 18.0 Å². The first-order valence-corrected chi connectivity index (χ1v) is 7.34. The van der Waals surface area contributed by atoms with Crippen LogP contribution in [0.3, 0.4) is 0 Å². The summed E-state index contributed by atoms with van der Waals surface area (Å²) in [4.78, 5) is 0. The van der Waals surface area contributed by atoms with Gasteiger partial charge in [0.1, 0.15) is 5.75 Å². The topological polar surface area (TPSA) is 21.3 Å². The van der Waals surface area contributed by atoms with Crippen molar-refractivity contribution in [3.05, 3.63) is 44.6 Å². The Morgan fingerprint density at radius 2 is 2.22 bits per heavy atom. The Balaban J connectivity index is 1.96. The summed E-state index contributed by atoms with van der Waals surface area (Å²) in [5, 5.41) is 8.84. The lowest BCUT2D eigenvalue weighted by Gasteiger charge is -2.28. The minimum atomic E-state index is 0.194. The van der Waals surface area contributed by atoms with Gasteiger partial charge in [-0.2, -0.15) is 11.3 Å². The van der Waals surface area contributed by atoms with Crippen LogP contribution >= 0.6 is 34.5 Å². The van der Waals surface area contributed by atoms with E-state index in [1.54, 1.807) is 17.4 Å². The zero-order valence-corrected chi connectivity index (χ0v) is 11.8. The highest BCUT2D eigenvalue weighted by Gasteiger charge is 2.24. The molecule has 0 spiro atoms. The Morgan fingerprint density at radius 3 is 3.00 bits per heavy atom. The quantitative estimate of drug-likeness (QED) is 0.843. The molecule has 1 atom stereocenters. The number of hydrogen-bond donors (Lipinski definition) is 1. The Bertz CT molecular complexity index is 556. The predicted molar refractivity (Wildman–Crippen MR) is 77.3 cm³/mol. The SMILES string of the molecule is Clc1cc(Cl)c2c(c1)C(Nc1ccsc1)CCO2. The Labute approximate surface area is 119 Å². The standard InChI is InChI=1S/C13H11Cl2NOS/c14-8-5-10-12(16-9-2-4-18-7-9)1-3-17-13(10)11(15)6-8/h2,4-7,12,16H,1,3H2. The lowest BCUT2D eigenvalue weighted by Crippen LogP contribution is -2.20. The van der Waals surface area contributed by atoms with E-state index >= 15 is 0 Å². The fourth-order valence-electron chi connectivity index (χ4n) is 2.12. The van der Waals surface area contributed by atoms with E-state index in [1.807, 2.05) is 11.4 Å². The van der Waals surface area contributed by atoms with E-state index in [4.69, 9.17) is 27.9 Å². The number of anilines is 1. The second kappa shape index (κ2) is 5.00. The molecule has 94 valence electrons. The highest BCUT2D eigenvalue weighted by atomic mass is 35.5. The predicted octanol–water partition coefficient (Wildman–Crippen LogP) is 4.99. The van der Waals surface area contributed by atoms with Crippen LogP contribution in [-0.2, 0) is 0 Å². The number of nitrogens with one attached hydrogen (secondary N) is 1. The molecule has 1 N–H and O–H groups in total. The summed E-state index contributed by atoms with van der Waals surface area (Å²) >= 11 is 13.9. The number of hydrogen-bond acceptors (Lipinski definition) is 3. The number of rotatable bonds is 2. The van der Waals surface area contributed by atoms with Crippen molar-refractivity contribution >= 4 is 40.2 Å². The zero-order chi connectivity index (χ0) is 12.5. The largest absolute Gasteiger partial charge is 0.492 e. The van der Waals surface area contributed by atoms with Gasteiger partial charge in [0.05, 0.1) is 17.7 Å². The second-order valence-corrected chi connectivity index (χ2v) is 5.78. The van der Waals surface area contributed by atoms with Crippen LogP contribution in [0.25, 0.3) is 0 Å². The van der Waals surface area contributed by atoms with E-state index in [-0.39, 0.29) is 6.04 Å². The van der Waals surface area contributed by atoms with E-state index < -0.39 is 0 Å². The van der Waals surface area contributed by atoms with Gasteiger partial charge in [-0.3, -0.25) is 0 Å². The van der Waals surface area contributed by atoms with Crippen molar-refractivity contribution in [3.63, 3.8) is 0 Å². The van der Waals surface area contributed by atoms with Gasteiger partial charge >= 0.3 is 0 Å². The average molecular weight is 300 g/mol.